The van der Waals surface area contributed by atoms with E-state index >= 15 is 0 Å². The Hall–Kier alpha value is -0.540. The lowest BCUT2D eigenvalue weighted by Crippen LogP contribution is -2.52. The van der Waals surface area contributed by atoms with E-state index in [-0.39, 0.29) is 12.2 Å². The van der Waals surface area contributed by atoms with Crippen LogP contribution < -0.4 is 4.74 Å². The highest BCUT2D eigenvalue weighted by atomic mass is 79.9. The molecule has 0 radical (unpaired) electrons. The number of hydrogen-bond donors (Lipinski definition) is 0. The Morgan fingerprint density at radius 1 is 1.33 bits per heavy atom. The molecule has 1 aliphatic rings. The molecule has 0 aliphatic heterocycles. The van der Waals surface area contributed by atoms with E-state index in [9.17, 15) is 0 Å². The van der Waals surface area contributed by atoms with Crippen molar-refractivity contribution < 1.29 is 9.47 Å². The number of rotatable bonds is 4. The average molecular weight is 313 g/mol. The SMILES string of the molecule is COC1C(Br)CC1Oc1cc(C)ccc1C(C)C. The predicted octanol–water partition coefficient (Wildman–Crippen LogP) is 4.05. The van der Waals surface area contributed by atoms with E-state index in [1.165, 1.54) is 11.1 Å². The third-order valence-electron chi connectivity index (χ3n) is 3.52. The lowest BCUT2D eigenvalue weighted by molar-refractivity contribution is -0.0549. The molecule has 1 aliphatic carbocycles. The van der Waals surface area contributed by atoms with E-state index in [1.54, 1.807) is 7.11 Å². The van der Waals surface area contributed by atoms with Gasteiger partial charge in [-0.05, 0) is 30.0 Å². The molecule has 0 heterocycles. The second-order valence-electron chi connectivity index (χ2n) is 5.30. The highest BCUT2D eigenvalue weighted by molar-refractivity contribution is 9.09. The summed E-state index contributed by atoms with van der Waals surface area (Å²) in [6.45, 7) is 6.48. The maximum Gasteiger partial charge on any atom is 0.127 e. The number of benzene rings is 1. The fourth-order valence-corrected chi connectivity index (χ4v) is 3.25. The van der Waals surface area contributed by atoms with E-state index in [0.29, 0.717) is 10.7 Å². The topological polar surface area (TPSA) is 18.5 Å². The first-order valence-corrected chi connectivity index (χ1v) is 7.38. The molecule has 3 atom stereocenters. The van der Waals surface area contributed by atoms with Crippen LogP contribution in [0.25, 0.3) is 0 Å². The summed E-state index contributed by atoms with van der Waals surface area (Å²) in [4.78, 5) is 0.416. The van der Waals surface area contributed by atoms with Crippen molar-refractivity contribution in [3.05, 3.63) is 29.3 Å². The van der Waals surface area contributed by atoms with Gasteiger partial charge in [0.25, 0.3) is 0 Å². The van der Waals surface area contributed by atoms with E-state index in [2.05, 4.69) is 54.9 Å². The molecule has 3 heteroatoms. The number of halogens is 1. The number of methoxy groups -OCH3 is 1. The summed E-state index contributed by atoms with van der Waals surface area (Å²) in [5, 5.41) is 0. The average Bonchev–Trinajstić information content (AvgIpc) is 2.28. The van der Waals surface area contributed by atoms with Crippen molar-refractivity contribution in [3.63, 3.8) is 0 Å². The molecule has 2 nitrogen and oxygen atoms in total. The molecule has 100 valence electrons. The van der Waals surface area contributed by atoms with Crippen molar-refractivity contribution in [2.75, 3.05) is 7.11 Å². The molecule has 1 aromatic rings. The van der Waals surface area contributed by atoms with Crippen molar-refractivity contribution in [2.24, 2.45) is 0 Å². The maximum absolute atomic E-state index is 6.14. The normalized spacial score (nSPS) is 27.1. The molecular weight excluding hydrogens is 292 g/mol. The maximum atomic E-state index is 6.14. The van der Waals surface area contributed by atoms with Gasteiger partial charge < -0.3 is 9.47 Å². The molecule has 2 rings (SSSR count). The van der Waals surface area contributed by atoms with Crippen LogP contribution in [-0.2, 0) is 4.74 Å². The van der Waals surface area contributed by atoms with Crippen LogP contribution in [0.3, 0.4) is 0 Å². The molecular formula is C15H21BrO2. The summed E-state index contributed by atoms with van der Waals surface area (Å²) in [6.07, 6.45) is 1.33. The molecule has 1 aromatic carbocycles. The summed E-state index contributed by atoms with van der Waals surface area (Å²) in [7, 11) is 1.74. The third kappa shape index (κ3) is 2.72. The fourth-order valence-electron chi connectivity index (χ4n) is 2.33. The molecule has 18 heavy (non-hydrogen) atoms. The van der Waals surface area contributed by atoms with Gasteiger partial charge in [-0.2, -0.15) is 0 Å². The Kier molecular flexibility index (Phi) is 4.33. The minimum absolute atomic E-state index is 0.158. The monoisotopic (exact) mass is 312 g/mol. The van der Waals surface area contributed by atoms with Crippen LogP contribution >= 0.6 is 15.9 Å². The molecule has 3 unspecified atom stereocenters. The van der Waals surface area contributed by atoms with Crippen LogP contribution in [0.5, 0.6) is 5.75 Å². The van der Waals surface area contributed by atoms with Gasteiger partial charge in [-0.25, -0.2) is 0 Å². The largest absolute Gasteiger partial charge is 0.487 e. The van der Waals surface area contributed by atoms with Gasteiger partial charge in [-0.15, -0.1) is 0 Å². The first-order valence-electron chi connectivity index (χ1n) is 6.47. The van der Waals surface area contributed by atoms with Gasteiger partial charge in [-0.1, -0.05) is 41.9 Å². The zero-order valence-electron chi connectivity index (χ0n) is 11.4. The van der Waals surface area contributed by atoms with Crippen LogP contribution in [0.2, 0.25) is 0 Å². The summed E-state index contributed by atoms with van der Waals surface area (Å²) < 4.78 is 11.6. The van der Waals surface area contributed by atoms with Gasteiger partial charge in [0, 0.05) is 18.4 Å². The van der Waals surface area contributed by atoms with Crippen molar-refractivity contribution in [1.29, 1.82) is 0 Å². The Labute approximate surface area is 118 Å². The highest BCUT2D eigenvalue weighted by Gasteiger charge is 2.42. The summed E-state index contributed by atoms with van der Waals surface area (Å²) in [6, 6.07) is 6.44. The first kappa shape index (κ1) is 13.9. The number of aryl methyl sites for hydroxylation is 1. The zero-order valence-corrected chi connectivity index (χ0v) is 13.0. The van der Waals surface area contributed by atoms with Crippen LogP contribution in [0.15, 0.2) is 18.2 Å². The van der Waals surface area contributed by atoms with Crippen LogP contribution in [-0.4, -0.2) is 24.1 Å². The smallest absolute Gasteiger partial charge is 0.127 e. The molecule has 0 N–H and O–H groups in total. The van der Waals surface area contributed by atoms with Gasteiger partial charge in [0.1, 0.15) is 18.0 Å². The lowest BCUT2D eigenvalue weighted by atomic mass is 9.91. The van der Waals surface area contributed by atoms with E-state index in [0.717, 1.165) is 12.2 Å². The Bertz CT molecular complexity index is 417. The van der Waals surface area contributed by atoms with E-state index in [1.807, 2.05) is 0 Å². The minimum atomic E-state index is 0.158. The van der Waals surface area contributed by atoms with Gasteiger partial charge in [0.2, 0.25) is 0 Å². The molecule has 0 spiro atoms. The predicted molar refractivity (Wildman–Crippen MR) is 77.8 cm³/mol. The van der Waals surface area contributed by atoms with Crippen LogP contribution in [0.4, 0.5) is 0 Å². The Morgan fingerprint density at radius 3 is 2.61 bits per heavy atom. The Balaban J connectivity index is 2.16. The minimum Gasteiger partial charge on any atom is -0.487 e. The molecule has 0 saturated heterocycles. The highest BCUT2D eigenvalue weighted by Crippen LogP contribution is 2.36. The Morgan fingerprint density at radius 2 is 2.06 bits per heavy atom. The molecule has 1 fully saturated rings. The molecule has 0 aromatic heterocycles. The van der Waals surface area contributed by atoms with E-state index in [4.69, 9.17) is 9.47 Å². The lowest BCUT2D eigenvalue weighted by Gasteiger charge is -2.40. The van der Waals surface area contributed by atoms with E-state index < -0.39 is 0 Å². The number of alkyl halides is 1. The third-order valence-corrected chi connectivity index (χ3v) is 4.42. The van der Waals surface area contributed by atoms with Gasteiger partial charge in [0.15, 0.2) is 0 Å². The quantitative estimate of drug-likeness (QED) is 0.781. The van der Waals surface area contributed by atoms with Crippen molar-refractivity contribution in [1.82, 2.24) is 0 Å². The zero-order chi connectivity index (χ0) is 13.3. The standard InChI is InChI=1S/C15H21BrO2/c1-9(2)11-6-5-10(3)7-13(11)18-14-8-12(16)15(14)17-4/h5-7,9,12,14-15H,8H2,1-4H3. The number of ether oxygens (including phenoxy) is 2. The van der Waals surface area contributed by atoms with Gasteiger partial charge in [0.05, 0.1) is 0 Å². The number of hydrogen-bond acceptors (Lipinski definition) is 2. The fraction of sp³-hybridized carbons (Fsp3) is 0.600. The summed E-state index contributed by atoms with van der Waals surface area (Å²) in [5.74, 6) is 1.48. The first-order chi connectivity index (χ1) is 8.52. The van der Waals surface area contributed by atoms with Crippen molar-refractivity contribution in [3.8, 4) is 5.75 Å². The van der Waals surface area contributed by atoms with Crippen LogP contribution in [0, 0.1) is 6.92 Å². The molecule has 1 saturated carbocycles. The van der Waals surface area contributed by atoms with Crippen molar-refractivity contribution in [2.45, 2.75) is 50.1 Å². The van der Waals surface area contributed by atoms with Crippen molar-refractivity contribution >= 4 is 15.9 Å². The summed E-state index contributed by atoms with van der Waals surface area (Å²) >= 11 is 3.60. The second-order valence-corrected chi connectivity index (χ2v) is 6.48. The van der Waals surface area contributed by atoms with Gasteiger partial charge >= 0.3 is 0 Å². The second kappa shape index (κ2) is 5.62. The van der Waals surface area contributed by atoms with Gasteiger partial charge in [-0.3, -0.25) is 0 Å². The van der Waals surface area contributed by atoms with Crippen LogP contribution in [0.1, 0.15) is 37.3 Å². The molecule has 0 amide bonds. The summed E-state index contributed by atoms with van der Waals surface area (Å²) in [5.41, 5.74) is 2.51. The molecule has 0 bridgehead atoms.